The molecule has 0 aromatic heterocycles. The Balaban J connectivity index is -0.00000120. The predicted molar refractivity (Wildman–Crippen MR) is 288 cm³/mol. The van der Waals surface area contributed by atoms with Gasteiger partial charge in [0.2, 0.25) is 20.8 Å². The summed E-state index contributed by atoms with van der Waals surface area (Å²) in [5.41, 5.74) is 0. The van der Waals surface area contributed by atoms with Gasteiger partial charge < -0.3 is 9.11 Å². The van der Waals surface area contributed by atoms with Crippen LogP contribution in [0, 0.1) is 11.8 Å². The summed E-state index contributed by atoms with van der Waals surface area (Å²) in [6.45, 7) is 8.96. The Hall–Kier alpha value is 0.480. The van der Waals surface area contributed by atoms with Gasteiger partial charge in [0.25, 0.3) is 0 Å². The molecule has 0 spiro atoms. The van der Waals surface area contributed by atoms with Crippen LogP contribution in [0.15, 0.2) is 24.3 Å². The summed E-state index contributed by atoms with van der Waals surface area (Å²) < 4.78 is 74.1. The van der Waals surface area contributed by atoms with Crippen molar-refractivity contribution in [1.82, 2.24) is 0 Å². The molecular formula is C56H110CaO8S2. The number of rotatable bonds is 52. The molecule has 67 heavy (non-hydrogen) atoms. The summed E-state index contributed by atoms with van der Waals surface area (Å²) in [4.78, 5) is 0. The third-order valence-corrected chi connectivity index (χ3v) is 13.8. The van der Waals surface area contributed by atoms with E-state index in [1.807, 2.05) is 0 Å². The molecule has 0 N–H and O–H groups in total. The standard InChI is InChI=1S/2C28H56O4S.Ca/c2*1-3-5-7-9-11-13-14-15-16-17-18-20-22-24-26-28(27-32-33(29,30)31)25-23-21-19-12-10-8-6-4-2;/h2*24,26,28H,3-23,25,27H2,1-2H3,(H,29,30,31);/q;;+2/p-2/b2*26-24+;. The second-order valence-corrected chi connectivity index (χ2v) is 21.7. The summed E-state index contributed by atoms with van der Waals surface area (Å²) in [7, 11) is -9.22. The van der Waals surface area contributed by atoms with Crippen molar-refractivity contribution in [3.8, 4) is 0 Å². The Morgan fingerprint density at radius 3 is 0.731 bits per heavy atom. The molecule has 0 saturated carbocycles. The summed E-state index contributed by atoms with van der Waals surface area (Å²) in [5, 5.41) is 0. The zero-order valence-electron chi connectivity index (χ0n) is 44.8. The van der Waals surface area contributed by atoms with Crippen LogP contribution in [0.4, 0.5) is 0 Å². The number of allylic oxidation sites excluding steroid dienone is 2. The van der Waals surface area contributed by atoms with Gasteiger partial charge in [0.05, 0.1) is 13.2 Å². The zero-order valence-corrected chi connectivity index (χ0v) is 48.6. The molecule has 2 unspecified atom stereocenters. The Bertz CT molecular complexity index is 1130. The largest absolute Gasteiger partial charge is 2.00 e. The molecule has 0 aliphatic heterocycles. The predicted octanol–water partition coefficient (Wildman–Crippen LogP) is 18.1. The number of unbranched alkanes of at least 4 members (excludes halogenated alkanes) is 38. The van der Waals surface area contributed by atoms with Crippen LogP contribution in [0.25, 0.3) is 0 Å². The molecule has 0 aromatic rings. The van der Waals surface area contributed by atoms with Crippen LogP contribution in [-0.4, -0.2) is 76.9 Å². The van der Waals surface area contributed by atoms with Crippen LogP contribution < -0.4 is 0 Å². The Labute approximate surface area is 448 Å². The van der Waals surface area contributed by atoms with E-state index < -0.39 is 20.8 Å². The van der Waals surface area contributed by atoms with Gasteiger partial charge in [-0.05, 0) is 38.5 Å². The minimum Gasteiger partial charge on any atom is -0.726 e. The first-order valence-electron chi connectivity index (χ1n) is 28.5. The Kier molecular flexibility index (Phi) is 61.4. The molecule has 0 saturated heterocycles. The molecule has 0 fully saturated rings. The first kappa shape index (κ1) is 71.7. The van der Waals surface area contributed by atoms with Gasteiger partial charge in [-0.1, -0.05) is 296 Å². The van der Waals surface area contributed by atoms with Crippen molar-refractivity contribution in [3.05, 3.63) is 24.3 Å². The van der Waals surface area contributed by atoms with Gasteiger partial charge in [-0.15, -0.1) is 0 Å². The van der Waals surface area contributed by atoms with Gasteiger partial charge in [-0.3, -0.25) is 8.37 Å². The molecule has 11 heteroatoms. The van der Waals surface area contributed by atoms with Crippen LogP contribution >= 0.6 is 0 Å². The molecule has 396 valence electrons. The summed E-state index contributed by atoms with van der Waals surface area (Å²) in [5.74, 6) is 0.0392. The monoisotopic (exact) mass is 1010 g/mol. The molecule has 8 nitrogen and oxygen atoms in total. The van der Waals surface area contributed by atoms with Crippen LogP contribution in [0.1, 0.15) is 310 Å². The van der Waals surface area contributed by atoms with Gasteiger partial charge in [-0.25, -0.2) is 16.8 Å². The summed E-state index contributed by atoms with van der Waals surface area (Å²) in [6.07, 6.45) is 64.6. The molecule has 0 heterocycles. The van der Waals surface area contributed by atoms with Crippen molar-refractivity contribution in [2.24, 2.45) is 11.8 Å². The van der Waals surface area contributed by atoms with Gasteiger partial charge in [-0.2, -0.15) is 0 Å². The average molecular weight is 1020 g/mol. The van der Waals surface area contributed by atoms with E-state index in [0.717, 1.165) is 38.5 Å². The summed E-state index contributed by atoms with van der Waals surface area (Å²) >= 11 is 0. The maximum atomic E-state index is 10.8. The van der Waals surface area contributed by atoms with E-state index in [-0.39, 0.29) is 62.8 Å². The van der Waals surface area contributed by atoms with E-state index in [9.17, 15) is 25.9 Å². The molecule has 0 rings (SSSR count). The normalized spacial score (nSPS) is 13.0. The zero-order chi connectivity index (χ0) is 48.9. The van der Waals surface area contributed by atoms with Crippen molar-refractivity contribution in [2.45, 2.75) is 310 Å². The fraction of sp³-hybridized carbons (Fsp3) is 0.929. The van der Waals surface area contributed by atoms with E-state index in [1.54, 1.807) is 0 Å². The number of hydrogen-bond acceptors (Lipinski definition) is 8. The van der Waals surface area contributed by atoms with E-state index in [2.05, 4.69) is 60.4 Å². The molecule has 0 aromatic carbocycles. The quantitative estimate of drug-likeness (QED) is 0.0193. The minimum absolute atomic E-state index is 0. The molecule has 0 radical (unpaired) electrons. The minimum atomic E-state index is -4.61. The fourth-order valence-electron chi connectivity index (χ4n) is 8.68. The summed E-state index contributed by atoms with van der Waals surface area (Å²) in [6, 6.07) is 0. The van der Waals surface area contributed by atoms with E-state index in [1.165, 1.54) is 244 Å². The molecule has 0 aliphatic rings. The third-order valence-electron chi connectivity index (χ3n) is 13.0. The van der Waals surface area contributed by atoms with Crippen LogP contribution in [0.3, 0.4) is 0 Å². The molecule has 0 aliphatic carbocycles. The van der Waals surface area contributed by atoms with Crippen molar-refractivity contribution >= 4 is 58.5 Å². The molecule has 2 atom stereocenters. The maximum absolute atomic E-state index is 10.8. The Morgan fingerprint density at radius 2 is 0.522 bits per heavy atom. The molecule has 0 amide bonds. The van der Waals surface area contributed by atoms with E-state index >= 15 is 0 Å². The SMILES string of the molecule is CCCCCCCCCCCCCC/C=C/C(CCCCCCCCCC)COS(=O)(=O)[O-].CCCCCCCCCCCCCC/C=C/C(CCCCCCCCCC)COS(=O)(=O)[O-].[Ca+2]. The second kappa shape index (κ2) is 57.4. The van der Waals surface area contributed by atoms with Crippen LogP contribution in [0.2, 0.25) is 0 Å². The smallest absolute Gasteiger partial charge is 0.726 e. The fourth-order valence-corrected chi connectivity index (χ4v) is 9.36. The van der Waals surface area contributed by atoms with Crippen molar-refractivity contribution in [3.63, 3.8) is 0 Å². The molecular weight excluding hydrogens is 905 g/mol. The van der Waals surface area contributed by atoms with Crippen molar-refractivity contribution < 1.29 is 34.3 Å². The number of hydrogen-bond donors (Lipinski definition) is 0. The average Bonchev–Trinajstić information content (AvgIpc) is 3.28. The third kappa shape index (κ3) is 66.5. The topological polar surface area (TPSA) is 133 Å². The first-order valence-corrected chi connectivity index (χ1v) is 31.2. The Morgan fingerprint density at radius 1 is 0.328 bits per heavy atom. The van der Waals surface area contributed by atoms with Gasteiger partial charge in [0.15, 0.2) is 0 Å². The van der Waals surface area contributed by atoms with E-state index in [4.69, 9.17) is 0 Å². The molecule has 0 bridgehead atoms. The van der Waals surface area contributed by atoms with Gasteiger partial charge >= 0.3 is 37.7 Å². The van der Waals surface area contributed by atoms with Crippen LogP contribution in [-0.2, 0) is 29.2 Å². The van der Waals surface area contributed by atoms with Gasteiger partial charge in [0.1, 0.15) is 0 Å². The van der Waals surface area contributed by atoms with Gasteiger partial charge in [0, 0.05) is 11.8 Å². The van der Waals surface area contributed by atoms with Crippen molar-refractivity contribution in [1.29, 1.82) is 0 Å². The second-order valence-electron chi connectivity index (χ2n) is 19.6. The van der Waals surface area contributed by atoms with Crippen LogP contribution in [0.5, 0.6) is 0 Å². The van der Waals surface area contributed by atoms with E-state index in [0.29, 0.717) is 0 Å². The first-order chi connectivity index (χ1) is 32.0. The maximum Gasteiger partial charge on any atom is 2.00 e. The van der Waals surface area contributed by atoms with Crippen molar-refractivity contribution in [2.75, 3.05) is 13.2 Å².